The summed E-state index contributed by atoms with van der Waals surface area (Å²) in [7, 11) is 0. The van der Waals surface area contributed by atoms with E-state index in [-0.39, 0.29) is 11.5 Å². The van der Waals surface area contributed by atoms with Crippen LogP contribution in [0.4, 0.5) is 0 Å². The molecule has 0 unspecified atom stereocenters. The zero-order valence-corrected chi connectivity index (χ0v) is 11.2. The van der Waals surface area contributed by atoms with Crippen LogP contribution in [0.1, 0.15) is 45.0 Å². The van der Waals surface area contributed by atoms with Crippen molar-refractivity contribution in [2.75, 3.05) is 0 Å². The second-order valence-electron chi connectivity index (χ2n) is 4.07. The molecule has 0 bridgehead atoms. The number of aromatic nitrogens is 2. The predicted molar refractivity (Wildman–Crippen MR) is 72.5 cm³/mol. The van der Waals surface area contributed by atoms with E-state index in [0.717, 1.165) is 16.9 Å². The van der Waals surface area contributed by atoms with Crippen LogP contribution in [0.3, 0.4) is 0 Å². The summed E-state index contributed by atoms with van der Waals surface area (Å²) in [6.45, 7) is 9.95. The highest BCUT2D eigenvalue weighted by Gasteiger charge is 2.07. The summed E-state index contributed by atoms with van der Waals surface area (Å²) in [5.41, 5.74) is 1.71. The predicted octanol–water partition coefficient (Wildman–Crippen LogP) is 3.38. The van der Waals surface area contributed by atoms with Gasteiger partial charge in [0, 0.05) is 5.92 Å². The SMILES string of the molecule is CC.Cc1cccc2nc(C(C)C)[nH]c(=O)c12. The molecule has 0 spiro atoms. The van der Waals surface area contributed by atoms with Crippen molar-refractivity contribution < 1.29 is 0 Å². The van der Waals surface area contributed by atoms with Gasteiger partial charge in [-0.2, -0.15) is 0 Å². The number of rotatable bonds is 1. The first-order chi connectivity index (χ1) is 8.09. The Morgan fingerprint density at radius 3 is 2.47 bits per heavy atom. The average molecular weight is 232 g/mol. The van der Waals surface area contributed by atoms with Gasteiger partial charge in [-0.1, -0.05) is 39.8 Å². The van der Waals surface area contributed by atoms with Crippen LogP contribution in [-0.2, 0) is 0 Å². The summed E-state index contributed by atoms with van der Waals surface area (Å²) in [4.78, 5) is 19.1. The van der Waals surface area contributed by atoms with E-state index < -0.39 is 0 Å². The number of fused-ring (bicyclic) bond motifs is 1. The number of nitrogens with one attached hydrogen (secondary N) is 1. The monoisotopic (exact) mass is 232 g/mol. The molecular formula is C14H20N2O. The summed E-state index contributed by atoms with van der Waals surface area (Å²) in [5, 5.41) is 0.696. The second-order valence-corrected chi connectivity index (χ2v) is 4.07. The highest BCUT2D eigenvalue weighted by Crippen LogP contribution is 2.14. The molecule has 0 atom stereocenters. The molecule has 0 fully saturated rings. The quantitative estimate of drug-likeness (QED) is 0.819. The van der Waals surface area contributed by atoms with Gasteiger partial charge in [0.1, 0.15) is 5.82 Å². The zero-order valence-electron chi connectivity index (χ0n) is 11.2. The van der Waals surface area contributed by atoms with Crippen LogP contribution in [0, 0.1) is 6.92 Å². The van der Waals surface area contributed by atoms with Crippen LogP contribution in [0.2, 0.25) is 0 Å². The van der Waals surface area contributed by atoms with Gasteiger partial charge < -0.3 is 4.98 Å². The Balaban J connectivity index is 0.000000686. The highest BCUT2D eigenvalue weighted by atomic mass is 16.1. The Bertz CT molecular complexity index is 556. The van der Waals surface area contributed by atoms with Gasteiger partial charge in [-0.05, 0) is 18.6 Å². The summed E-state index contributed by atoms with van der Waals surface area (Å²) in [5.74, 6) is 0.987. The van der Waals surface area contributed by atoms with Crippen molar-refractivity contribution in [3.63, 3.8) is 0 Å². The molecule has 1 aromatic heterocycles. The molecule has 0 aliphatic carbocycles. The molecule has 2 aromatic rings. The molecule has 0 saturated heterocycles. The Labute approximate surface area is 102 Å². The molecule has 3 nitrogen and oxygen atoms in total. The molecule has 0 amide bonds. The lowest BCUT2D eigenvalue weighted by Gasteiger charge is -2.06. The molecule has 1 N–H and O–H groups in total. The smallest absolute Gasteiger partial charge is 0.259 e. The number of hydrogen-bond donors (Lipinski definition) is 1. The van der Waals surface area contributed by atoms with Crippen molar-refractivity contribution in [1.82, 2.24) is 9.97 Å². The van der Waals surface area contributed by atoms with E-state index >= 15 is 0 Å². The molecule has 1 heterocycles. The van der Waals surface area contributed by atoms with Gasteiger partial charge in [0.25, 0.3) is 5.56 Å². The lowest BCUT2D eigenvalue weighted by molar-refractivity contribution is 0.776. The minimum atomic E-state index is -0.0400. The molecule has 17 heavy (non-hydrogen) atoms. The summed E-state index contributed by atoms with van der Waals surface area (Å²) < 4.78 is 0. The minimum Gasteiger partial charge on any atom is -0.310 e. The first-order valence-electron chi connectivity index (χ1n) is 6.09. The third-order valence-corrected chi connectivity index (χ3v) is 2.51. The van der Waals surface area contributed by atoms with E-state index in [1.54, 1.807) is 0 Å². The lowest BCUT2D eigenvalue weighted by atomic mass is 10.1. The van der Waals surface area contributed by atoms with Crippen LogP contribution in [0.15, 0.2) is 23.0 Å². The van der Waals surface area contributed by atoms with Gasteiger partial charge >= 0.3 is 0 Å². The molecule has 0 aliphatic rings. The van der Waals surface area contributed by atoms with Crippen LogP contribution < -0.4 is 5.56 Å². The fraction of sp³-hybridized carbons (Fsp3) is 0.429. The van der Waals surface area contributed by atoms with Gasteiger partial charge in [0.2, 0.25) is 0 Å². The maximum atomic E-state index is 11.8. The number of hydrogen-bond acceptors (Lipinski definition) is 2. The van der Waals surface area contributed by atoms with Crippen LogP contribution >= 0.6 is 0 Å². The molecule has 92 valence electrons. The molecule has 1 aromatic carbocycles. The largest absolute Gasteiger partial charge is 0.310 e. The second kappa shape index (κ2) is 5.62. The van der Waals surface area contributed by atoms with Gasteiger partial charge in [-0.15, -0.1) is 0 Å². The number of aromatic amines is 1. The minimum absolute atomic E-state index is 0.0400. The topological polar surface area (TPSA) is 45.8 Å². The molecule has 2 rings (SSSR count). The van der Waals surface area contributed by atoms with Crippen LogP contribution in [-0.4, -0.2) is 9.97 Å². The lowest BCUT2D eigenvalue weighted by Crippen LogP contribution is -2.13. The molecule has 0 radical (unpaired) electrons. The standard InChI is InChI=1S/C12H14N2O.C2H6/c1-7(2)11-13-9-6-4-5-8(3)10(9)12(15)14-11;1-2/h4-7H,1-3H3,(H,13,14,15);1-2H3. The van der Waals surface area contributed by atoms with Gasteiger partial charge in [0.15, 0.2) is 0 Å². The third-order valence-electron chi connectivity index (χ3n) is 2.51. The normalized spacial score (nSPS) is 10.2. The van der Waals surface area contributed by atoms with Gasteiger partial charge in [-0.3, -0.25) is 4.79 Å². The van der Waals surface area contributed by atoms with Crippen molar-refractivity contribution in [2.45, 2.75) is 40.5 Å². The first-order valence-corrected chi connectivity index (χ1v) is 6.09. The number of benzene rings is 1. The molecule has 3 heteroatoms. The number of aryl methyl sites for hydroxylation is 1. The Kier molecular flexibility index (Phi) is 4.44. The van der Waals surface area contributed by atoms with Gasteiger partial charge in [0.05, 0.1) is 10.9 Å². The Morgan fingerprint density at radius 1 is 1.24 bits per heavy atom. The van der Waals surface area contributed by atoms with Crippen LogP contribution in [0.25, 0.3) is 10.9 Å². The molecule has 0 saturated carbocycles. The maximum absolute atomic E-state index is 11.8. The van der Waals surface area contributed by atoms with Crippen molar-refractivity contribution in [1.29, 1.82) is 0 Å². The van der Waals surface area contributed by atoms with Crippen molar-refractivity contribution in [3.8, 4) is 0 Å². The fourth-order valence-electron chi connectivity index (χ4n) is 1.65. The zero-order chi connectivity index (χ0) is 13.0. The number of nitrogens with zero attached hydrogens (tertiary/aromatic N) is 1. The summed E-state index contributed by atoms with van der Waals surface area (Å²) in [6.07, 6.45) is 0. The molecular weight excluding hydrogens is 212 g/mol. The van der Waals surface area contributed by atoms with E-state index in [4.69, 9.17) is 0 Å². The van der Waals surface area contributed by atoms with Gasteiger partial charge in [-0.25, -0.2) is 4.98 Å². The van der Waals surface area contributed by atoms with Crippen molar-refractivity contribution >= 4 is 10.9 Å². The fourth-order valence-corrected chi connectivity index (χ4v) is 1.65. The van der Waals surface area contributed by atoms with E-state index in [0.29, 0.717) is 5.39 Å². The van der Waals surface area contributed by atoms with Crippen molar-refractivity contribution in [3.05, 3.63) is 39.9 Å². The number of H-pyrrole nitrogens is 1. The van der Waals surface area contributed by atoms with E-state index in [9.17, 15) is 4.79 Å². The first kappa shape index (κ1) is 13.4. The summed E-state index contributed by atoms with van der Waals surface area (Å²) >= 11 is 0. The maximum Gasteiger partial charge on any atom is 0.259 e. The summed E-state index contributed by atoms with van der Waals surface area (Å²) in [6, 6.07) is 5.73. The van der Waals surface area contributed by atoms with Crippen molar-refractivity contribution in [2.24, 2.45) is 0 Å². The third kappa shape index (κ3) is 2.73. The Morgan fingerprint density at radius 2 is 1.88 bits per heavy atom. The average Bonchev–Trinajstić information content (AvgIpc) is 2.31. The highest BCUT2D eigenvalue weighted by molar-refractivity contribution is 5.80. The van der Waals surface area contributed by atoms with E-state index in [2.05, 4.69) is 9.97 Å². The van der Waals surface area contributed by atoms with Crippen LogP contribution in [0.5, 0.6) is 0 Å². The van der Waals surface area contributed by atoms with E-state index in [1.165, 1.54) is 0 Å². The Hall–Kier alpha value is -1.64. The van der Waals surface area contributed by atoms with E-state index in [1.807, 2.05) is 52.8 Å². The molecule has 0 aliphatic heterocycles.